The molecule has 1 aliphatic heterocycles. The number of alkyl halides is 7. The highest BCUT2D eigenvalue weighted by Crippen LogP contribution is 2.54. The summed E-state index contributed by atoms with van der Waals surface area (Å²) in [5.74, 6) is -0.779. The average Bonchev–Trinajstić information content (AvgIpc) is 3.43. The lowest BCUT2D eigenvalue weighted by Crippen LogP contribution is -2.50. The summed E-state index contributed by atoms with van der Waals surface area (Å²) in [6.45, 7) is 3.52. The van der Waals surface area contributed by atoms with Gasteiger partial charge in [-0.25, -0.2) is 8.78 Å². The molecule has 2 aromatic carbocycles. The van der Waals surface area contributed by atoms with Crippen molar-refractivity contribution < 1.29 is 54.0 Å². The van der Waals surface area contributed by atoms with Crippen LogP contribution in [0.5, 0.6) is 0 Å². The van der Waals surface area contributed by atoms with Crippen molar-refractivity contribution >= 4 is 23.2 Å². The van der Waals surface area contributed by atoms with Crippen LogP contribution in [0.15, 0.2) is 66.1 Å². The number of nitrogens with zero attached hydrogens (tertiary/aromatic N) is 1. The first-order chi connectivity index (χ1) is 20.5. The van der Waals surface area contributed by atoms with E-state index in [0.29, 0.717) is 31.4 Å². The molecule has 1 amide bonds. The molecule has 1 aliphatic carbocycles. The molecule has 1 saturated heterocycles. The van der Waals surface area contributed by atoms with Crippen LogP contribution in [-0.4, -0.2) is 52.0 Å². The van der Waals surface area contributed by atoms with E-state index in [9.17, 15) is 44.1 Å². The maximum absolute atomic E-state index is 14.7. The number of amides is 1. The van der Waals surface area contributed by atoms with Crippen LogP contribution >= 0.6 is 0 Å². The van der Waals surface area contributed by atoms with Gasteiger partial charge in [-0.3, -0.25) is 13.8 Å². The molecule has 5 nitrogen and oxygen atoms in total. The fourth-order valence-electron chi connectivity index (χ4n) is 6.07. The van der Waals surface area contributed by atoms with E-state index in [1.165, 1.54) is 17.0 Å². The van der Waals surface area contributed by atoms with Gasteiger partial charge in [-0.1, -0.05) is 49.6 Å². The summed E-state index contributed by atoms with van der Waals surface area (Å²) in [6.07, 6.45) is -6.49. The molecule has 0 bridgehead atoms. The van der Waals surface area contributed by atoms with Gasteiger partial charge in [-0.15, -0.1) is 6.58 Å². The zero-order valence-corrected chi connectivity index (χ0v) is 24.2. The van der Waals surface area contributed by atoms with Gasteiger partial charge in [0.15, 0.2) is 0 Å². The van der Waals surface area contributed by atoms with Crippen LogP contribution in [0.1, 0.15) is 56.1 Å². The molecule has 2 fully saturated rings. The Morgan fingerprint density at radius 2 is 1.43 bits per heavy atom. The van der Waals surface area contributed by atoms with E-state index < -0.39 is 50.4 Å². The maximum Gasteiger partial charge on any atom is 0.435 e. The number of hydrogen-bond acceptors (Lipinski definition) is 3. The Morgan fingerprint density at radius 3 is 1.91 bits per heavy atom. The number of allylic oxidation sites excluding steroid dienone is 1. The number of benzene rings is 2. The van der Waals surface area contributed by atoms with Gasteiger partial charge < -0.3 is 10.0 Å². The third kappa shape index (κ3) is 6.54. The molecule has 2 aliphatic rings. The van der Waals surface area contributed by atoms with Crippen molar-refractivity contribution in [2.45, 2.75) is 72.6 Å². The molecule has 44 heavy (non-hydrogen) atoms. The third-order valence-corrected chi connectivity index (χ3v) is 10.3. The summed E-state index contributed by atoms with van der Waals surface area (Å²) < 4.78 is 121. The number of halogens is 8. The second kappa shape index (κ2) is 13.4. The lowest BCUT2D eigenvalue weighted by atomic mass is 9.71. The molecule has 14 heteroatoms. The van der Waals surface area contributed by atoms with E-state index in [-0.39, 0.29) is 42.3 Å². The van der Waals surface area contributed by atoms with Crippen LogP contribution in [0.4, 0.5) is 35.1 Å². The minimum Gasteiger partial charge on any atom is -0.483 e. The largest absolute Gasteiger partial charge is 0.483 e. The molecule has 2 atom stereocenters. The van der Waals surface area contributed by atoms with E-state index >= 15 is 0 Å². The van der Waals surface area contributed by atoms with E-state index in [1.54, 1.807) is 6.08 Å². The van der Waals surface area contributed by atoms with Crippen molar-refractivity contribution in [1.82, 2.24) is 4.90 Å². The Balaban J connectivity index is 0.00000169. The van der Waals surface area contributed by atoms with Gasteiger partial charge in [0.1, 0.15) is 5.82 Å². The standard InChI is InChI=1S/C29H29F8NO2S.CH2O2/c1-2-14-25(15-4-3-5-16-25)24(39)38-18-17-26(19-38,41(40)23-12-10-22(30)11-13-23)20-6-8-21(9-7-20)27(31,28(32,33)34)29(35,36)37;2-1-3/h2,6-13H,1,3-5,14-19H2;1H,(H,2,3)/t26-,41?;/m0./s1. The van der Waals surface area contributed by atoms with Gasteiger partial charge in [0.2, 0.25) is 5.91 Å². The van der Waals surface area contributed by atoms with Gasteiger partial charge in [0.25, 0.3) is 6.47 Å². The van der Waals surface area contributed by atoms with Crippen LogP contribution in [0.25, 0.3) is 0 Å². The number of carboxylic acid groups (broad SMARTS) is 1. The SMILES string of the molecule is C=CCC1(C(=O)N2CC[C@](c3ccc(C(F)(C(F)(F)F)C(F)(F)F)cc3)(S(=O)c3ccc(F)cc3)C2)CCCCC1.O=CO. The number of hydrogen-bond donors (Lipinski definition) is 1. The van der Waals surface area contributed by atoms with E-state index in [0.717, 1.165) is 43.5 Å². The molecule has 1 saturated carbocycles. The fourth-order valence-corrected chi connectivity index (χ4v) is 7.80. The van der Waals surface area contributed by atoms with E-state index in [1.807, 2.05) is 0 Å². The maximum atomic E-state index is 14.7. The van der Waals surface area contributed by atoms with Crippen LogP contribution in [0.2, 0.25) is 0 Å². The zero-order chi connectivity index (χ0) is 33.0. The Hall–Kier alpha value is -3.29. The summed E-state index contributed by atoms with van der Waals surface area (Å²) in [5.41, 5.74) is -7.91. The lowest BCUT2D eigenvalue weighted by Gasteiger charge is -2.39. The lowest BCUT2D eigenvalue weighted by molar-refractivity contribution is -0.348. The van der Waals surface area contributed by atoms with E-state index in [4.69, 9.17) is 9.90 Å². The Kier molecular flexibility index (Phi) is 10.7. The van der Waals surface area contributed by atoms with Crippen molar-refractivity contribution in [3.63, 3.8) is 0 Å². The summed E-state index contributed by atoms with van der Waals surface area (Å²) in [6, 6.07) is 7.28. The number of carbonyl (C=O) groups is 2. The summed E-state index contributed by atoms with van der Waals surface area (Å²) in [5, 5.41) is 6.89. The summed E-state index contributed by atoms with van der Waals surface area (Å²) in [7, 11) is -2.02. The monoisotopic (exact) mass is 653 g/mol. The first kappa shape index (κ1) is 35.2. The van der Waals surface area contributed by atoms with Gasteiger partial charge in [-0.2, -0.15) is 26.3 Å². The second-order valence-corrected chi connectivity index (χ2v) is 12.7. The molecule has 1 heterocycles. The Bertz CT molecular complexity index is 1320. The Morgan fingerprint density at radius 1 is 0.909 bits per heavy atom. The smallest absolute Gasteiger partial charge is 0.435 e. The minimum atomic E-state index is -6.28. The van der Waals surface area contributed by atoms with Gasteiger partial charge in [0, 0.05) is 23.5 Å². The van der Waals surface area contributed by atoms with Crippen molar-refractivity contribution in [2.75, 3.05) is 13.1 Å². The van der Waals surface area contributed by atoms with Gasteiger partial charge in [-0.05, 0) is 55.5 Å². The van der Waals surface area contributed by atoms with Crippen molar-refractivity contribution in [3.8, 4) is 0 Å². The van der Waals surface area contributed by atoms with Gasteiger partial charge >= 0.3 is 18.0 Å². The van der Waals surface area contributed by atoms with Gasteiger partial charge in [0.05, 0.1) is 21.0 Å². The highest BCUT2D eigenvalue weighted by atomic mass is 32.2. The molecular formula is C30H31F8NO4S. The fraction of sp³-hybridized carbons (Fsp3) is 0.467. The highest BCUT2D eigenvalue weighted by molar-refractivity contribution is 7.86. The molecule has 0 aromatic heterocycles. The van der Waals surface area contributed by atoms with Crippen molar-refractivity contribution in [3.05, 3.63) is 78.1 Å². The number of carbonyl (C=O) groups excluding carboxylic acids is 1. The minimum absolute atomic E-state index is 0.0611. The molecule has 242 valence electrons. The zero-order valence-electron chi connectivity index (χ0n) is 23.4. The summed E-state index contributed by atoms with van der Waals surface area (Å²) in [4.78, 5) is 23.9. The third-order valence-electron chi connectivity index (χ3n) is 8.29. The van der Waals surface area contributed by atoms with Crippen LogP contribution in [0, 0.1) is 11.2 Å². The predicted octanol–water partition coefficient (Wildman–Crippen LogP) is 7.58. The number of likely N-dealkylation sites (tertiary alicyclic amines) is 1. The highest BCUT2D eigenvalue weighted by Gasteiger charge is 2.73. The summed E-state index contributed by atoms with van der Waals surface area (Å²) >= 11 is 0. The normalized spacial score (nSPS) is 21.1. The topological polar surface area (TPSA) is 74.7 Å². The molecular weight excluding hydrogens is 622 g/mol. The van der Waals surface area contributed by atoms with Crippen LogP contribution in [0.3, 0.4) is 0 Å². The first-order valence-electron chi connectivity index (χ1n) is 13.6. The first-order valence-corrected chi connectivity index (χ1v) is 14.8. The second-order valence-electron chi connectivity index (χ2n) is 10.9. The predicted molar refractivity (Wildman–Crippen MR) is 146 cm³/mol. The van der Waals surface area contributed by atoms with Crippen LogP contribution in [-0.2, 0) is 30.8 Å². The van der Waals surface area contributed by atoms with Crippen molar-refractivity contribution in [2.24, 2.45) is 5.41 Å². The van der Waals surface area contributed by atoms with Crippen molar-refractivity contribution in [1.29, 1.82) is 0 Å². The van der Waals surface area contributed by atoms with E-state index in [2.05, 4.69) is 6.58 Å². The quantitative estimate of drug-likeness (QED) is 0.190. The molecule has 2 aromatic rings. The number of rotatable bonds is 7. The molecule has 0 spiro atoms. The molecule has 1 unspecified atom stereocenters. The molecule has 4 rings (SSSR count). The average molecular weight is 654 g/mol. The molecule has 0 radical (unpaired) electrons. The molecule has 1 N–H and O–H groups in total. The Labute approximate surface area is 251 Å². The van der Waals surface area contributed by atoms with Crippen LogP contribution < -0.4 is 0 Å².